The number of hydrogen-bond acceptors (Lipinski definition) is 3. The Morgan fingerprint density at radius 3 is 2.81 bits per heavy atom. The summed E-state index contributed by atoms with van der Waals surface area (Å²) in [4.78, 5) is 12.0. The van der Waals surface area contributed by atoms with Gasteiger partial charge in [0.1, 0.15) is 11.5 Å². The van der Waals surface area contributed by atoms with Crippen LogP contribution >= 0.6 is 0 Å². The molecule has 0 saturated heterocycles. The van der Waals surface area contributed by atoms with E-state index in [-0.39, 0.29) is 5.91 Å². The van der Waals surface area contributed by atoms with Crippen molar-refractivity contribution in [2.45, 2.75) is 26.2 Å². The maximum Gasteiger partial charge on any atom is 0.271 e. The van der Waals surface area contributed by atoms with Crippen molar-refractivity contribution in [2.75, 3.05) is 0 Å². The summed E-state index contributed by atoms with van der Waals surface area (Å²) in [5, 5.41) is 3.95. The van der Waals surface area contributed by atoms with Gasteiger partial charge < -0.3 is 4.42 Å². The molecule has 4 nitrogen and oxygen atoms in total. The van der Waals surface area contributed by atoms with Crippen molar-refractivity contribution in [3.63, 3.8) is 0 Å². The van der Waals surface area contributed by atoms with Crippen molar-refractivity contribution in [2.24, 2.45) is 11.0 Å². The molecular formula is C17H18N2O2. The van der Waals surface area contributed by atoms with E-state index in [1.807, 2.05) is 37.3 Å². The summed E-state index contributed by atoms with van der Waals surface area (Å²) in [5.41, 5.74) is 4.07. The Balaban J connectivity index is 1.61. The van der Waals surface area contributed by atoms with Crippen LogP contribution in [0.4, 0.5) is 0 Å². The fourth-order valence-electron chi connectivity index (χ4n) is 2.40. The van der Waals surface area contributed by atoms with E-state index in [4.69, 9.17) is 4.42 Å². The molecule has 3 rings (SSSR count). The second kappa shape index (κ2) is 5.56. The molecule has 1 aliphatic carbocycles. The van der Waals surface area contributed by atoms with E-state index in [1.54, 1.807) is 6.07 Å². The van der Waals surface area contributed by atoms with Gasteiger partial charge in [-0.2, -0.15) is 5.10 Å². The van der Waals surface area contributed by atoms with Gasteiger partial charge in [0.2, 0.25) is 0 Å². The van der Waals surface area contributed by atoms with Crippen LogP contribution in [-0.4, -0.2) is 12.1 Å². The average molecular weight is 282 g/mol. The van der Waals surface area contributed by atoms with Gasteiger partial charge in [-0.3, -0.25) is 4.79 Å². The fraction of sp³-hybridized carbons (Fsp3) is 0.294. The molecule has 0 bridgehead atoms. The first kappa shape index (κ1) is 13.6. The summed E-state index contributed by atoms with van der Waals surface area (Å²) < 4.78 is 5.69. The molecule has 1 aromatic heterocycles. The SMILES string of the molecule is Cc1ccccc1C(=O)N/N=C\c1ccc([C@H]2C[C@H]2C)o1. The van der Waals surface area contributed by atoms with Gasteiger partial charge >= 0.3 is 0 Å². The molecule has 1 heterocycles. The Kier molecular flexibility index (Phi) is 3.60. The summed E-state index contributed by atoms with van der Waals surface area (Å²) in [5.74, 6) is 2.71. The third-order valence-electron chi connectivity index (χ3n) is 3.87. The predicted octanol–water partition coefficient (Wildman–Crippen LogP) is 3.48. The van der Waals surface area contributed by atoms with Gasteiger partial charge in [0.05, 0.1) is 6.21 Å². The van der Waals surface area contributed by atoms with Gasteiger partial charge in [-0.1, -0.05) is 25.1 Å². The number of amides is 1. The molecule has 1 amide bonds. The van der Waals surface area contributed by atoms with Crippen LogP contribution in [0.25, 0.3) is 0 Å². The van der Waals surface area contributed by atoms with Crippen molar-refractivity contribution in [1.29, 1.82) is 0 Å². The highest BCUT2D eigenvalue weighted by molar-refractivity contribution is 5.96. The summed E-state index contributed by atoms with van der Waals surface area (Å²) in [6, 6.07) is 11.3. The number of nitrogens with zero attached hydrogens (tertiary/aromatic N) is 1. The topological polar surface area (TPSA) is 54.6 Å². The number of aryl methyl sites for hydroxylation is 1. The smallest absolute Gasteiger partial charge is 0.271 e. The van der Waals surface area contributed by atoms with Crippen molar-refractivity contribution < 1.29 is 9.21 Å². The minimum atomic E-state index is -0.216. The fourth-order valence-corrected chi connectivity index (χ4v) is 2.40. The van der Waals surface area contributed by atoms with E-state index in [0.717, 1.165) is 11.3 Å². The molecular weight excluding hydrogens is 264 g/mol. The monoisotopic (exact) mass is 282 g/mol. The van der Waals surface area contributed by atoms with Crippen LogP contribution in [0.15, 0.2) is 45.9 Å². The van der Waals surface area contributed by atoms with Gasteiger partial charge in [0.15, 0.2) is 0 Å². The number of carbonyl (C=O) groups excluding carboxylic acids is 1. The standard InChI is InChI=1S/C17H18N2O2/c1-11-5-3-4-6-14(11)17(20)19-18-10-13-7-8-16(21-13)15-9-12(15)2/h3-8,10,12,15H,9H2,1-2H3,(H,19,20)/b18-10-/t12-,15+/m1/s1. The molecule has 0 aliphatic heterocycles. The van der Waals surface area contributed by atoms with Crippen molar-refractivity contribution in [3.8, 4) is 0 Å². The number of rotatable bonds is 4. The van der Waals surface area contributed by atoms with Crippen LogP contribution in [0.1, 0.15) is 46.7 Å². The highest BCUT2D eigenvalue weighted by Crippen LogP contribution is 2.47. The summed E-state index contributed by atoms with van der Waals surface area (Å²) in [6.45, 7) is 4.11. The maximum absolute atomic E-state index is 12.0. The molecule has 2 aromatic rings. The lowest BCUT2D eigenvalue weighted by atomic mass is 10.1. The third kappa shape index (κ3) is 3.05. The minimum Gasteiger partial charge on any atom is -0.460 e. The number of hydrogen-bond donors (Lipinski definition) is 1. The molecule has 1 N–H and O–H groups in total. The van der Waals surface area contributed by atoms with E-state index < -0.39 is 0 Å². The Morgan fingerprint density at radius 1 is 1.33 bits per heavy atom. The van der Waals surface area contributed by atoms with Crippen LogP contribution in [0, 0.1) is 12.8 Å². The number of hydrazone groups is 1. The molecule has 21 heavy (non-hydrogen) atoms. The second-order valence-electron chi connectivity index (χ2n) is 5.57. The van der Waals surface area contributed by atoms with Gasteiger partial charge in [-0.05, 0) is 43.0 Å². The lowest BCUT2D eigenvalue weighted by Crippen LogP contribution is -2.18. The Labute approximate surface area is 123 Å². The van der Waals surface area contributed by atoms with E-state index in [0.29, 0.717) is 23.2 Å². The van der Waals surface area contributed by atoms with Crippen LogP contribution in [0.3, 0.4) is 0 Å². The van der Waals surface area contributed by atoms with Gasteiger partial charge in [0, 0.05) is 11.5 Å². The average Bonchev–Trinajstić information content (AvgIpc) is 3.01. The number of carbonyl (C=O) groups is 1. The number of furan rings is 1. The van der Waals surface area contributed by atoms with Crippen LogP contribution < -0.4 is 5.43 Å². The molecule has 4 heteroatoms. The summed E-state index contributed by atoms with van der Waals surface area (Å²) >= 11 is 0. The zero-order valence-corrected chi connectivity index (χ0v) is 12.2. The second-order valence-corrected chi connectivity index (χ2v) is 5.57. The van der Waals surface area contributed by atoms with Gasteiger partial charge in [-0.15, -0.1) is 0 Å². The first-order valence-electron chi connectivity index (χ1n) is 7.14. The van der Waals surface area contributed by atoms with E-state index in [1.165, 1.54) is 12.6 Å². The molecule has 1 saturated carbocycles. The van der Waals surface area contributed by atoms with Crippen molar-refractivity contribution in [1.82, 2.24) is 5.43 Å². The van der Waals surface area contributed by atoms with Crippen molar-refractivity contribution >= 4 is 12.1 Å². The first-order valence-corrected chi connectivity index (χ1v) is 7.14. The van der Waals surface area contributed by atoms with Gasteiger partial charge in [-0.25, -0.2) is 5.43 Å². The predicted molar refractivity (Wildman–Crippen MR) is 81.5 cm³/mol. The third-order valence-corrected chi connectivity index (χ3v) is 3.87. The molecule has 0 unspecified atom stereocenters. The Morgan fingerprint density at radius 2 is 2.10 bits per heavy atom. The highest BCUT2D eigenvalue weighted by Gasteiger charge is 2.36. The zero-order valence-electron chi connectivity index (χ0n) is 12.2. The molecule has 108 valence electrons. The molecule has 0 spiro atoms. The lowest BCUT2D eigenvalue weighted by Gasteiger charge is -2.02. The summed E-state index contributed by atoms with van der Waals surface area (Å²) in [7, 11) is 0. The van der Waals surface area contributed by atoms with E-state index in [9.17, 15) is 4.79 Å². The quantitative estimate of drug-likeness (QED) is 0.689. The summed E-state index contributed by atoms with van der Waals surface area (Å²) in [6.07, 6.45) is 2.72. The van der Waals surface area contributed by atoms with Crippen LogP contribution in [0.5, 0.6) is 0 Å². The number of nitrogens with one attached hydrogen (secondary N) is 1. The molecule has 1 aromatic carbocycles. The van der Waals surface area contributed by atoms with E-state index in [2.05, 4.69) is 17.5 Å². The maximum atomic E-state index is 12.0. The molecule has 1 fully saturated rings. The lowest BCUT2D eigenvalue weighted by molar-refractivity contribution is 0.0954. The Bertz CT molecular complexity index is 688. The van der Waals surface area contributed by atoms with Crippen molar-refractivity contribution in [3.05, 3.63) is 59.0 Å². The molecule has 1 aliphatic rings. The molecule has 2 atom stereocenters. The first-order chi connectivity index (χ1) is 10.1. The van der Waals surface area contributed by atoms with Crippen LogP contribution in [-0.2, 0) is 0 Å². The minimum absolute atomic E-state index is 0.216. The van der Waals surface area contributed by atoms with E-state index >= 15 is 0 Å². The Hall–Kier alpha value is -2.36. The van der Waals surface area contributed by atoms with Gasteiger partial charge in [0.25, 0.3) is 5.91 Å². The normalized spacial score (nSPS) is 20.7. The van der Waals surface area contributed by atoms with Crippen LogP contribution in [0.2, 0.25) is 0 Å². The highest BCUT2D eigenvalue weighted by atomic mass is 16.3. The molecule has 0 radical (unpaired) electrons. The number of benzene rings is 1. The zero-order chi connectivity index (χ0) is 14.8. The largest absolute Gasteiger partial charge is 0.460 e.